The average molecular weight is 301 g/mol. The number of halogens is 3. The molecule has 1 aliphatic heterocycles. The zero-order chi connectivity index (χ0) is 15.5. The SMILES string of the molecule is CC(C)NCC1CCN(c2ccc(C(F)(F)F)cn2)CC1. The third-order valence-electron chi connectivity index (χ3n) is 3.83. The lowest BCUT2D eigenvalue weighted by Crippen LogP contribution is -2.39. The minimum absolute atomic E-state index is 0.486. The molecule has 1 N–H and O–H groups in total. The van der Waals surface area contributed by atoms with Crippen molar-refractivity contribution in [2.24, 2.45) is 5.92 Å². The third-order valence-corrected chi connectivity index (χ3v) is 3.83. The highest BCUT2D eigenvalue weighted by Crippen LogP contribution is 2.30. The number of piperidine rings is 1. The average Bonchev–Trinajstić information content (AvgIpc) is 2.45. The Balaban J connectivity index is 1.87. The first kappa shape index (κ1) is 16.1. The van der Waals surface area contributed by atoms with Crippen molar-refractivity contribution in [3.63, 3.8) is 0 Å². The van der Waals surface area contributed by atoms with Crippen LogP contribution in [-0.2, 0) is 6.18 Å². The summed E-state index contributed by atoms with van der Waals surface area (Å²) in [6.07, 6.45) is -1.31. The van der Waals surface area contributed by atoms with E-state index in [-0.39, 0.29) is 0 Å². The van der Waals surface area contributed by atoms with E-state index in [1.807, 2.05) is 0 Å². The lowest BCUT2D eigenvalue weighted by Gasteiger charge is -2.33. The molecular weight excluding hydrogens is 279 g/mol. The van der Waals surface area contributed by atoms with Gasteiger partial charge in [0.25, 0.3) is 0 Å². The van der Waals surface area contributed by atoms with Gasteiger partial charge < -0.3 is 10.2 Å². The smallest absolute Gasteiger partial charge is 0.357 e. The highest BCUT2D eigenvalue weighted by molar-refractivity contribution is 5.40. The summed E-state index contributed by atoms with van der Waals surface area (Å²) in [5, 5.41) is 3.43. The second kappa shape index (κ2) is 6.64. The molecule has 0 aliphatic carbocycles. The number of nitrogens with one attached hydrogen (secondary N) is 1. The molecule has 0 radical (unpaired) electrons. The van der Waals surface area contributed by atoms with Crippen LogP contribution in [0.2, 0.25) is 0 Å². The predicted octanol–water partition coefficient (Wildman–Crippen LogP) is 3.31. The molecule has 118 valence electrons. The van der Waals surface area contributed by atoms with Crippen molar-refractivity contribution in [2.75, 3.05) is 24.5 Å². The molecule has 1 aromatic rings. The molecule has 0 bridgehead atoms. The molecule has 1 aromatic heterocycles. The van der Waals surface area contributed by atoms with Gasteiger partial charge in [-0.15, -0.1) is 0 Å². The maximum atomic E-state index is 12.5. The van der Waals surface area contributed by atoms with E-state index in [4.69, 9.17) is 0 Å². The third kappa shape index (κ3) is 4.59. The molecule has 0 saturated carbocycles. The van der Waals surface area contributed by atoms with Gasteiger partial charge in [-0.05, 0) is 37.4 Å². The van der Waals surface area contributed by atoms with Crippen molar-refractivity contribution in [1.29, 1.82) is 0 Å². The second-order valence-electron chi connectivity index (χ2n) is 5.90. The van der Waals surface area contributed by atoms with Crippen LogP contribution in [0.25, 0.3) is 0 Å². The summed E-state index contributed by atoms with van der Waals surface area (Å²) in [4.78, 5) is 6.02. The summed E-state index contributed by atoms with van der Waals surface area (Å²) in [6.45, 7) is 6.96. The second-order valence-corrected chi connectivity index (χ2v) is 5.90. The molecule has 0 atom stereocenters. The summed E-state index contributed by atoms with van der Waals surface area (Å²) in [7, 11) is 0. The van der Waals surface area contributed by atoms with Gasteiger partial charge in [0, 0.05) is 25.3 Å². The van der Waals surface area contributed by atoms with E-state index in [9.17, 15) is 13.2 Å². The number of alkyl halides is 3. The van der Waals surface area contributed by atoms with Gasteiger partial charge in [0.2, 0.25) is 0 Å². The highest BCUT2D eigenvalue weighted by Gasteiger charge is 2.31. The molecule has 0 spiro atoms. The van der Waals surface area contributed by atoms with E-state index in [1.165, 1.54) is 6.07 Å². The van der Waals surface area contributed by atoms with Gasteiger partial charge in [-0.2, -0.15) is 13.2 Å². The molecule has 6 heteroatoms. The summed E-state index contributed by atoms with van der Waals surface area (Å²) < 4.78 is 37.5. The van der Waals surface area contributed by atoms with Crippen LogP contribution in [0.5, 0.6) is 0 Å². The van der Waals surface area contributed by atoms with Crippen LogP contribution in [0.3, 0.4) is 0 Å². The van der Waals surface area contributed by atoms with E-state index in [0.29, 0.717) is 17.8 Å². The first-order chi connectivity index (χ1) is 9.86. The first-order valence-electron chi connectivity index (χ1n) is 7.38. The van der Waals surface area contributed by atoms with Crippen molar-refractivity contribution < 1.29 is 13.2 Å². The Morgan fingerprint density at radius 2 is 1.95 bits per heavy atom. The quantitative estimate of drug-likeness (QED) is 0.925. The standard InChI is InChI=1S/C15H22F3N3/c1-11(2)19-9-12-5-7-21(8-6-12)14-4-3-13(10-20-14)15(16,17)18/h3-4,10-12,19H,5-9H2,1-2H3. The molecule has 1 aliphatic rings. The lowest BCUT2D eigenvalue weighted by atomic mass is 9.96. The van der Waals surface area contributed by atoms with Gasteiger partial charge in [0.05, 0.1) is 5.56 Å². The first-order valence-corrected chi connectivity index (χ1v) is 7.38. The van der Waals surface area contributed by atoms with Crippen LogP contribution in [0, 0.1) is 5.92 Å². The Hall–Kier alpha value is -1.30. The van der Waals surface area contributed by atoms with Crippen LogP contribution in [0.4, 0.5) is 19.0 Å². The van der Waals surface area contributed by atoms with E-state index in [2.05, 4.69) is 29.0 Å². The maximum Gasteiger partial charge on any atom is 0.417 e. The highest BCUT2D eigenvalue weighted by atomic mass is 19.4. The number of hydrogen-bond acceptors (Lipinski definition) is 3. The number of aromatic nitrogens is 1. The fourth-order valence-electron chi connectivity index (χ4n) is 2.51. The molecule has 0 aromatic carbocycles. The minimum Gasteiger partial charge on any atom is -0.357 e. The van der Waals surface area contributed by atoms with Gasteiger partial charge in [-0.1, -0.05) is 13.8 Å². The van der Waals surface area contributed by atoms with Crippen molar-refractivity contribution in [3.05, 3.63) is 23.9 Å². The molecule has 2 rings (SSSR count). The minimum atomic E-state index is -4.32. The monoisotopic (exact) mass is 301 g/mol. The van der Waals surface area contributed by atoms with Gasteiger partial charge in [-0.25, -0.2) is 4.98 Å². The predicted molar refractivity (Wildman–Crippen MR) is 77.3 cm³/mol. The molecule has 0 amide bonds. The lowest BCUT2D eigenvalue weighted by molar-refractivity contribution is -0.137. The van der Waals surface area contributed by atoms with Gasteiger partial charge in [0.1, 0.15) is 5.82 Å². The van der Waals surface area contributed by atoms with E-state index >= 15 is 0 Å². The molecule has 21 heavy (non-hydrogen) atoms. The number of rotatable bonds is 4. The van der Waals surface area contributed by atoms with Crippen LogP contribution < -0.4 is 10.2 Å². The fraction of sp³-hybridized carbons (Fsp3) is 0.667. The Labute approximate surface area is 123 Å². The normalized spacial score (nSPS) is 17.5. The largest absolute Gasteiger partial charge is 0.417 e. The fourth-order valence-corrected chi connectivity index (χ4v) is 2.51. The molecule has 0 unspecified atom stereocenters. The van der Waals surface area contributed by atoms with Gasteiger partial charge in [-0.3, -0.25) is 0 Å². The van der Waals surface area contributed by atoms with Gasteiger partial charge in [0.15, 0.2) is 0 Å². The number of pyridine rings is 1. The van der Waals surface area contributed by atoms with E-state index in [0.717, 1.165) is 44.7 Å². The molecule has 3 nitrogen and oxygen atoms in total. The Morgan fingerprint density at radius 3 is 2.43 bits per heavy atom. The van der Waals surface area contributed by atoms with Crippen LogP contribution >= 0.6 is 0 Å². The molecule has 1 fully saturated rings. The van der Waals surface area contributed by atoms with Gasteiger partial charge >= 0.3 is 6.18 Å². The van der Waals surface area contributed by atoms with Crippen molar-refractivity contribution in [1.82, 2.24) is 10.3 Å². The number of hydrogen-bond donors (Lipinski definition) is 1. The van der Waals surface area contributed by atoms with Crippen LogP contribution in [-0.4, -0.2) is 30.7 Å². The van der Waals surface area contributed by atoms with Crippen molar-refractivity contribution in [3.8, 4) is 0 Å². The molecule has 1 saturated heterocycles. The topological polar surface area (TPSA) is 28.2 Å². The molecular formula is C15H22F3N3. The van der Waals surface area contributed by atoms with Crippen molar-refractivity contribution >= 4 is 5.82 Å². The Bertz CT molecular complexity index is 434. The zero-order valence-electron chi connectivity index (χ0n) is 12.5. The Kier molecular flexibility index (Phi) is 5.08. The summed E-state index contributed by atoms with van der Waals surface area (Å²) >= 11 is 0. The van der Waals surface area contributed by atoms with Crippen LogP contribution in [0.1, 0.15) is 32.3 Å². The number of nitrogens with zero attached hydrogens (tertiary/aromatic N) is 2. The summed E-state index contributed by atoms with van der Waals surface area (Å²) in [5.41, 5.74) is -0.692. The zero-order valence-corrected chi connectivity index (χ0v) is 12.5. The maximum absolute atomic E-state index is 12.5. The summed E-state index contributed by atoms with van der Waals surface area (Å²) in [6, 6.07) is 3.06. The van der Waals surface area contributed by atoms with E-state index < -0.39 is 11.7 Å². The van der Waals surface area contributed by atoms with E-state index in [1.54, 1.807) is 0 Å². The summed E-state index contributed by atoms with van der Waals surface area (Å²) in [5.74, 6) is 1.27. The van der Waals surface area contributed by atoms with Crippen LogP contribution in [0.15, 0.2) is 18.3 Å². The Morgan fingerprint density at radius 1 is 1.29 bits per heavy atom. The molecule has 2 heterocycles. The number of anilines is 1. The van der Waals surface area contributed by atoms with Crippen molar-refractivity contribution in [2.45, 2.75) is 38.9 Å².